The SMILES string of the molecule is CC(C)c1cccc(C(C)C)c1N=C(NC(=O)C(C)(C)C)c1ccccc1. The predicted octanol–water partition coefficient (Wildman–Crippen LogP) is 6.17. The van der Waals surface area contributed by atoms with E-state index < -0.39 is 5.41 Å². The molecular weight excluding hydrogens is 332 g/mol. The smallest absolute Gasteiger partial charge is 0.230 e. The number of carbonyl (C=O) groups is 1. The van der Waals surface area contributed by atoms with Crippen LogP contribution in [0.5, 0.6) is 0 Å². The molecule has 0 saturated heterocycles. The van der Waals surface area contributed by atoms with Crippen molar-refractivity contribution in [2.75, 3.05) is 0 Å². The number of amides is 1. The molecule has 0 aliphatic heterocycles. The number of rotatable bonds is 4. The molecule has 0 fully saturated rings. The summed E-state index contributed by atoms with van der Waals surface area (Å²) in [6, 6.07) is 16.2. The summed E-state index contributed by atoms with van der Waals surface area (Å²) in [6.45, 7) is 14.4. The van der Waals surface area contributed by atoms with Crippen LogP contribution in [0.4, 0.5) is 5.69 Å². The van der Waals surface area contributed by atoms with Gasteiger partial charge in [-0.25, -0.2) is 4.99 Å². The summed E-state index contributed by atoms with van der Waals surface area (Å²) in [5.74, 6) is 1.25. The normalized spacial score (nSPS) is 12.6. The Balaban J connectivity index is 2.66. The molecule has 2 rings (SSSR count). The highest BCUT2D eigenvalue weighted by Gasteiger charge is 2.23. The molecular formula is C24H32N2O. The van der Waals surface area contributed by atoms with E-state index in [1.54, 1.807) is 0 Å². The van der Waals surface area contributed by atoms with Gasteiger partial charge in [-0.3, -0.25) is 4.79 Å². The fourth-order valence-electron chi connectivity index (χ4n) is 2.81. The topological polar surface area (TPSA) is 41.5 Å². The van der Waals surface area contributed by atoms with Gasteiger partial charge in [0.25, 0.3) is 0 Å². The first kappa shape index (κ1) is 20.9. The number of aliphatic imine (C=N–C) groups is 1. The lowest BCUT2D eigenvalue weighted by molar-refractivity contribution is -0.126. The highest BCUT2D eigenvalue weighted by Crippen LogP contribution is 2.35. The second-order valence-electron chi connectivity index (χ2n) is 8.63. The van der Waals surface area contributed by atoms with E-state index in [0.29, 0.717) is 17.7 Å². The average molecular weight is 365 g/mol. The summed E-state index contributed by atoms with van der Waals surface area (Å²) < 4.78 is 0. The molecule has 0 aromatic heterocycles. The molecule has 144 valence electrons. The number of carbonyl (C=O) groups excluding carboxylic acids is 1. The van der Waals surface area contributed by atoms with Gasteiger partial charge in [-0.2, -0.15) is 0 Å². The average Bonchev–Trinajstić information content (AvgIpc) is 2.60. The van der Waals surface area contributed by atoms with Gasteiger partial charge in [0.05, 0.1) is 5.69 Å². The summed E-state index contributed by atoms with van der Waals surface area (Å²) in [5.41, 5.74) is 3.77. The lowest BCUT2D eigenvalue weighted by Crippen LogP contribution is -2.39. The van der Waals surface area contributed by atoms with Crippen LogP contribution in [0.2, 0.25) is 0 Å². The number of hydrogen-bond acceptors (Lipinski definition) is 2. The van der Waals surface area contributed by atoms with E-state index in [2.05, 4.69) is 51.2 Å². The molecule has 0 radical (unpaired) electrons. The Bertz CT molecular complexity index is 786. The number of para-hydroxylation sites is 1. The maximum Gasteiger partial charge on any atom is 0.230 e. The third-order valence-corrected chi connectivity index (χ3v) is 4.53. The molecule has 0 aliphatic rings. The molecule has 1 N–H and O–H groups in total. The molecule has 3 heteroatoms. The molecule has 0 aliphatic carbocycles. The van der Waals surface area contributed by atoms with Crippen LogP contribution in [-0.4, -0.2) is 11.7 Å². The molecule has 0 atom stereocenters. The van der Waals surface area contributed by atoms with E-state index in [4.69, 9.17) is 4.99 Å². The van der Waals surface area contributed by atoms with Crippen molar-refractivity contribution in [3.05, 3.63) is 65.2 Å². The fraction of sp³-hybridized carbons (Fsp3) is 0.417. The molecule has 2 aromatic carbocycles. The molecule has 0 unspecified atom stereocenters. The second kappa shape index (κ2) is 8.51. The summed E-state index contributed by atoms with van der Waals surface area (Å²) in [6.07, 6.45) is 0. The minimum Gasteiger partial charge on any atom is -0.310 e. The highest BCUT2D eigenvalue weighted by atomic mass is 16.2. The largest absolute Gasteiger partial charge is 0.310 e. The minimum absolute atomic E-state index is 0.0433. The number of nitrogens with one attached hydrogen (secondary N) is 1. The van der Waals surface area contributed by atoms with Crippen LogP contribution >= 0.6 is 0 Å². The van der Waals surface area contributed by atoms with Crippen molar-refractivity contribution in [3.8, 4) is 0 Å². The molecule has 1 amide bonds. The Morgan fingerprint density at radius 3 is 1.81 bits per heavy atom. The Morgan fingerprint density at radius 2 is 1.37 bits per heavy atom. The van der Waals surface area contributed by atoms with E-state index in [0.717, 1.165) is 11.3 Å². The van der Waals surface area contributed by atoms with Gasteiger partial charge in [-0.05, 0) is 23.0 Å². The number of hydrogen-bond donors (Lipinski definition) is 1. The predicted molar refractivity (Wildman–Crippen MR) is 115 cm³/mol. The zero-order valence-electron chi connectivity index (χ0n) is 17.6. The molecule has 0 spiro atoms. The van der Waals surface area contributed by atoms with Gasteiger partial charge < -0.3 is 5.32 Å². The van der Waals surface area contributed by atoms with Crippen LogP contribution in [-0.2, 0) is 4.79 Å². The van der Waals surface area contributed by atoms with Gasteiger partial charge >= 0.3 is 0 Å². The van der Waals surface area contributed by atoms with E-state index in [1.165, 1.54) is 11.1 Å². The quantitative estimate of drug-likeness (QED) is 0.511. The molecule has 27 heavy (non-hydrogen) atoms. The zero-order valence-corrected chi connectivity index (χ0v) is 17.6. The van der Waals surface area contributed by atoms with Crippen molar-refractivity contribution < 1.29 is 4.79 Å². The molecule has 2 aromatic rings. The van der Waals surface area contributed by atoms with Gasteiger partial charge in [-0.15, -0.1) is 0 Å². The minimum atomic E-state index is -0.492. The van der Waals surface area contributed by atoms with Gasteiger partial charge in [-0.1, -0.05) is 97.0 Å². The maximum atomic E-state index is 12.7. The second-order valence-corrected chi connectivity index (χ2v) is 8.63. The van der Waals surface area contributed by atoms with E-state index in [-0.39, 0.29) is 5.91 Å². The van der Waals surface area contributed by atoms with E-state index in [9.17, 15) is 4.79 Å². The lowest BCUT2D eigenvalue weighted by Gasteiger charge is -2.21. The van der Waals surface area contributed by atoms with E-state index in [1.807, 2.05) is 51.1 Å². The summed E-state index contributed by atoms with van der Waals surface area (Å²) >= 11 is 0. The monoisotopic (exact) mass is 364 g/mol. The first-order valence-corrected chi connectivity index (χ1v) is 9.69. The van der Waals surface area contributed by atoms with Crippen LogP contribution in [0, 0.1) is 5.41 Å². The maximum absolute atomic E-state index is 12.7. The van der Waals surface area contributed by atoms with Crippen molar-refractivity contribution in [3.63, 3.8) is 0 Å². The fourth-order valence-corrected chi connectivity index (χ4v) is 2.81. The van der Waals surface area contributed by atoms with Crippen LogP contribution in [0.15, 0.2) is 53.5 Å². The van der Waals surface area contributed by atoms with Crippen molar-refractivity contribution >= 4 is 17.4 Å². The number of nitrogens with zero attached hydrogens (tertiary/aromatic N) is 1. The zero-order chi connectivity index (χ0) is 20.2. The van der Waals surface area contributed by atoms with Crippen molar-refractivity contribution in [2.45, 2.75) is 60.3 Å². The molecule has 0 heterocycles. The third kappa shape index (κ3) is 5.29. The Kier molecular flexibility index (Phi) is 6.59. The van der Waals surface area contributed by atoms with E-state index >= 15 is 0 Å². The highest BCUT2D eigenvalue weighted by molar-refractivity contribution is 6.10. The number of benzene rings is 2. The Morgan fingerprint density at radius 1 is 0.852 bits per heavy atom. The molecule has 0 bridgehead atoms. The van der Waals surface area contributed by atoms with Crippen LogP contribution in [0.1, 0.15) is 77.0 Å². The van der Waals surface area contributed by atoms with Gasteiger partial charge in [0.2, 0.25) is 5.91 Å². The van der Waals surface area contributed by atoms with Crippen molar-refractivity contribution in [2.24, 2.45) is 10.4 Å². The van der Waals surface area contributed by atoms with Gasteiger partial charge in [0.1, 0.15) is 5.84 Å². The van der Waals surface area contributed by atoms with Crippen molar-refractivity contribution in [1.82, 2.24) is 5.32 Å². The molecule has 3 nitrogen and oxygen atoms in total. The first-order chi connectivity index (χ1) is 12.6. The number of amidine groups is 1. The van der Waals surface area contributed by atoms with Crippen LogP contribution in [0.25, 0.3) is 0 Å². The summed E-state index contributed by atoms with van der Waals surface area (Å²) in [5, 5.41) is 3.07. The summed E-state index contributed by atoms with van der Waals surface area (Å²) in [7, 11) is 0. The van der Waals surface area contributed by atoms with Gasteiger partial charge in [0, 0.05) is 11.0 Å². The lowest BCUT2D eigenvalue weighted by atomic mass is 9.92. The standard InChI is InChI=1S/C24H32N2O/c1-16(2)19-14-11-15-20(17(3)4)21(19)25-22(18-12-9-8-10-13-18)26-23(27)24(5,6)7/h8-17H,1-7H3,(H,25,26,27). The van der Waals surface area contributed by atoms with Gasteiger partial charge in [0.15, 0.2) is 0 Å². The van der Waals surface area contributed by atoms with Crippen molar-refractivity contribution in [1.29, 1.82) is 0 Å². The molecule has 0 saturated carbocycles. The van der Waals surface area contributed by atoms with Crippen LogP contribution in [0.3, 0.4) is 0 Å². The summed E-state index contributed by atoms with van der Waals surface area (Å²) in [4.78, 5) is 17.7. The van der Waals surface area contributed by atoms with Crippen LogP contribution < -0.4 is 5.32 Å². The Labute approximate surface area is 163 Å². The Hall–Kier alpha value is -2.42. The first-order valence-electron chi connectivity index (χ1n) is 9.69. The third-order valence-electron chi connectivity index (χ3n) is 4.53.